The highest BCUT2D eigenvalue weighted by Crippen LogP contribution is 2.76. The average Bonchev–Trinajstić information content (AvgIpc) is 3.35. The highest BCUT2D eigenvalue weighted by Gasteiger charge is 2.87. The molecule has 2 N–H and O–H groups in total. The van der Waals surface area contributed by atoms with E-state index in [1.54, 1.807) is 19.1 Å². The van der Waals surface area contributed by atoms with Crippen LogP contribution in [0.15, 0.2) is 71.9 Å². The Morgan fingerprint density at radius 1 is 1.05 bits per heavy atom. The number of allylic oxidation sites excluding steroid dienone is 8. The van der Waals surface area contributed by atoms with Crippen LogP contribution in [0.4, 0.5) is 0 Å². The van der Waals surface area contributed by atoms with Crippen molar-refractivity contribution in [2.45, 2.75) is 91.0 Å². The second kappa shape index (κ2) is 12.9. The molecule has 7 nitrogen and oxygen atoms in total. The summed E-state index contributed by atoms with van der Waals surface area (Å²) in [5.41, 5.74) is -2.05. The molecule has 234 valence electrons. The predicted molar refractivity (Wildman–Crippen MR) is 165 cm³/mol. The molecule has 2 fully saturated rings. The number of fused-ring (bicyclic) bond motifs is 5. The lowest BCUT2D eigenvalue weighted by molar-refractivity contribution is -0.217. The minimum atomic E-state index is -1.46. The first-order valence-electron chi connectivity index (χ1n) is 15.7. The molecule has 0 spiro atoms. The maximum Gasteiger partial charge on any atom is 0.331 e. The van der Waals surface area contributed by atoms with E-state index in [-0.39, 0.29) is 12.4 Å². The molecular weight excluding hydrogens is 544 g/mol. The molecule has 4 aliphatic rings. The normalized spacial score (nSPS) is 36.3. The first-order chi connectivity index (χ1) is 20.4. The Bertz CT molecular complexity index is 1280. The summed E-state index contributed by atoms with van der Waals surface area (Å²) in [4.78, 5) is 38.8. The molecule has 4 rings (SSSR count). The van der Waals surface area contributed by atoms with Crippen LogP contribution >= 0.6 is 0 Å². The van der Waals surface area contributed by atoms with Crippen molar-refractivity contribution in [2.24, 2.45) is 35.0 Å². The van der Waals surface area contributed by atoms with Crippen LogP contribution in [0, 0.1) is 35.0 Å². The van der Waals surface area contributed by atoms with Crippen LogP contribution in [0.2, 0.25) is 0 Å². The Kier molecular flexibility index (Phi) is 9.87. The number of unbranched alkanes of at least 4 members (excludes halogenated alkanes) is 3. The number of esters is 2. The van der Waals surface area contributed by atoms with E-state index < -0.39 is 64.2 Å². The molecular formula is C36H48O7. The summed E-state index contributed by atoms with van der Waals surface area (Å²) in [6, 6.07) is 0. The Hall–Kier alpha value is -3.03. The third-order valence-electron chi connectivity index (χ3n) is 10.3. The Morgan fingerprint density at radius 3 is 2.37 bits per heavy atom. The van der Waals surface area contributed by atoms with Gasteiger partial charge in [0, 0.05) is 48.0 Å². The Labute approximate surface area is 256 Å². The number of carbonyl (C=O) groups is 3. The van der Waals surface area contributed by atoms with Crippen molar-refractivity contribution in [2.75, 3.05) is 6.61 Å². The maximum absolute atomic E-state index is 13.2. The van der Waals surface area contributed by atoms with Crippen molar-refractivity contribution in [3.63, 3.8) is 0 Å². The van der Waals surface area contributed by atoms with Gasteiger partial charge in [-0.05, 0) is 37.3 Å². The molecule has 0 bridgehead atoms. The molecule has 0 amide bonds. The highest BCUT2D eigenvalue weighted by atomic mass is 16.6. The van der Waals surface area contributed by atoms with Gasteiger partial charge in [0.15, 0.2) is 11.4 Å². The van der Waals surface area contributed by atoms with Crippen LogP contribution in [-0.2, 0) is 23.9 Å². The van der Waals surface area contributed by atoms with E-state index in [4.69, 9.17) is 9.47 Å². The molecule has 4 aliphatic carbocycles. The lowest BCUT2D eigenvalue weighted by atomic mass is 9.60. The van der Waals surface area contributed by atoms with Crippen LogP contribution < -0.4 is 0 Å². The summed E-state index contributed by atoms with van der Waals surface area (Å²) in [7, 11) is 0. The van der Waals surface area contributed by atoms with Crippen molar-refractivity contribution in [1.82, 2.24) is 0 Å². The molecule has 8 atom stereocenters. The molecule has 0 aromatic rings. The van der Waals surface area contributed by atoms with Crippen LogP contribution in [-0.4, -0.2) is 51.8 Å². The summed E-state index contributed by atoms with van der Waals surface area (Å²) in [5.74, 6) is -3.79. The number of Topliss-reactive ketones (excluding diaryl/α,β-unsaturated/α-hetero) is 1. The van der Waals surface area contributed by atoms with Gasteiger partial charge in [0.25, 0.3) is 0 Å². The van der Waals surface area contributed by atoms with Gasteiger partial charge in [0.05, 0.1) is 12.2 Å². The SMILES string of the molecule is CCCCC/C=C/C=C\C=C\C=C\C(=O)O[C@@]12[C@H](OC(C)=O)[C@@H](C)[C@@]3(O)[C@@H](C=C(CO)C[C@H]4C(=O)C(C)=C[C@@H]43)[C@@H]1C2(C)C. The quantitative estimate of drug-likeness (QED) is 0.103. The fourth-order valence-electron chi connectivity index (χ4n) is 8.22. The van der Waals surface area contributed by atoms with Gasteiger partial charge in [-0.1, -0.05) is 95.2 Å². The van der Waals surface area contributed by atoms with Crippen molar-refractivity contribution < 1.29 is 34.1 Å². The van der Waals surface area contributed by atoms with Crippen molar-refractivity contribution >= 4 is 17.7 Å². The number of ether oxygens (including phenoxy) is 2. The second-order valence-corrected chi connectivity index (χ2v) is 13.2. The third-order valence-corrected chi connectivity index (χ3v) is 10.3. The number of hydrogen-bond donors (Lipinski definition) is 2. The van der Waals surface area contributed by atoms with Gasteiger partial charge < -0.3 is 19.7 Å². The third kappa shape index (κ3) is 5.78. The highest BCUT2D eigenvalue weighted by molar-refractivity contribution is 6.00. The molecule has 0 unspecified atom stereocenters. The fourth-order valence-corrected chi connectivity index (χ4v) is 8.22. The Balaban J connectivity index is 1.60. The minimum absolute atomic E-state index is 0.0379. The smallest absolute Gasteiger partial charge is 0.331 e. The zero-order chi connectivity index (χ0) is 31.6. The minimum Gasteiger partial charge on any atom is -0.458 e. The van der Waals surface area contributed by atoms with E-state index in [1.807, 2.05) is 57.2 Å². The fraction of sp³-hybridized carbons (Fsp3) is 0.583. The number of carbonyl (C=O) groups excluding carboxylic acids is 3. The second-order valence-electron chi connectivity index (χ2n) is 13.2. The monoisotopic (exact) mass is 592 g/mol. The van der Waals surface area contributed by atoms with Crippen molar-refractivity contribution in [3.8, 4) is 0 Å². The zero-order valence-corrected chi connectivity index (χ0v) is 26.4. The van der Waals surface area contributed by atoms with Crippen LogP contribution in [0.1, 0.15) is 73.6 Å². The number of aliphatic hydroxyl groups excluding tert-OH is 1. The van der Waals surface area contributed by atoms with Gasteiger partial charge in [-0.3, -0.25) is 9.59 Å². The van der Waals surface area contributed by atoms with Gasteiger partial charge in [0.1, 0.15) is 6.10 Å². The molecule has 0 aliphatic heterocycles. The van der Waals surface area contributed by atoms with Crippen LogP contribution in [0.3, 0.4) is 0 Å². The van der Waals surface area contributed by atoms with Gasteiger partial charge in [-0.2, -0.15) is 0 Å². The summed E-state index contributed by atoms with van der Waals surface area (Å²) in [5, 5.41) is 22.9. The standard InChI is InChI=1S/C36H48O7/c1-7-8-9-10-11-12-13-14-15-16-17-18-30(39)43-36-32(34(36,5)6)29-21-26(22-37)20-27-28(19-23(2)31(27)40)35(29,41)24(3)33(36)42-25(4)38/h11-19,21,24,27-29,32-33,37,41H,7-10,20,22H2,1-6H3/b12-11+,14-13-,16-15+,18-17+/t24-,27-,28+,29+,32-,33-,35+,36-/m1/s1. The molecule has 0 heterocycles. The van der Waals surface area contributed by atoms with E-state index in [2.05, 4.69) is 13.0 Å². The van der Waals surface area contributed by atoms with Crippen molar-refractivity contribution in [1.29, 1.82) is 0 Å². The number of ketones is 1. The predicted octanol–water partition coefficient (Wildman–Crippen LogP) is 5.74. The first kappa shape index (κ1) is 32.9. The lowest BCUT2D eigenvalue weighted by Gasteiger charge is -2.52. The molecule has 2 saturated carbocycles. The number of aliphatic hydroxyl groups is 2. The van der Waals surface area contributed by atoms with Gasteiger partial charge in [-0.15, -0.1) is 0 Å². The average molecular weight is 593 g/mol. The summed E-state index contributed by atoms with van der Waals surface area (Å²) < 4.78 is 12.2. The van der Waals surface area contributed by atoms with Gasteiger partial charge in [-0.25, -0.2) is 4.79 Å². The van der Waals surface area contributed by atoms with Crippen molar-refractivity contribution in [3.05, 3.63) is 71.9 Å². The van der Waals surface area contributed by atoms with Crippen LogP contribution in [0.25, 0.3) is 0 Å². The molecule has 0 saturated heterocycles. The maximum atomic E-state index is 13.2. The van der Waals surface area contributed by atoms with Gasteiger partial charge in [0.2, 0.25) is 0 Å². The molecule has 0 aromatic carbocycles. The lowest BCUT2D eigenvalue weighted by Crippen LogP contribution is -2.63. The zero-order valence-electron chi connectivity index (χ0n) is 26.4. The Morgan fingerprint density at radius 2 is 1.72 bits per heavy atom. The number of rotatable bonds is 11. The number of hydrogen-bond acceptors (Lipinski definition) is 7. The molecule has 0 aromatic heterocycles. The van der Waals surface area contributed by atoms with E-state index in [0.717, 1.165) is 6.42 Å². The summed E-state index contributed by atoms with van der Waals surface area (Å²) in [6.45, 7) is 10.7. The van der Waals surface area contributed by atoms with Crippen LogP contribution in [0.5, 0.6) is 0 Å². The molecule has 43 heavy (non-hydrogen) atoms. The summed E-state index contributed by atoms with van der Waals surface area (Å²) >= 11 is 0. The van der Waals surface area contributed by atoms with Gasteiger partial charge >= 0.3 is 11.9 Å². The summed E-state index contributed by atoms with van der Waals surface area (Å²) in [6.07, 6.45) is 22.3. The van der Waals surface area contributed by atoms with E-state index >= 15 is 0 Å². The molecule has 7 heteroatoms. The first-order valence-corrected chi connectivity index (χ1v) is 15.7. The topological polar surface area (TPSA) is 110 Å². The largest absolute Gasteiger partial charge is 0.458 e. The van der Waals surface area contributed by atoms with E-state index in [0.29, 0.717) is 17.6 Å². The molecule has 0 radical (unpaired) electrons. The van der Waals surface area contributed by atoms with E-state index in [1.165, 1.54) is 32.3 Å². The van der Waals surface area contributed by atoms with E-state index in [9.17, 15) is 24.6 Å².